The highest BCUT2D eigenvalue weighted by molar-refractivity contribution is 9.10. The van der Waals surface area contributed by atoms with E-state index in [2.05, 4.69) is 39.4 Å². The summed E-state index contributed by atoms with van der Waals surface area (Å²) in [5.41, 5.74) is 3.40. The lowest BCUT2D eigenvalue weighted by atomic mass is 9.96. The monoisotopic (exact) mass is 344 g/mol. The molecular formula is C17H17BrN2O. The molecule has 0 bridgehead atoms. The SMILES string of the molecule is CN1C(=O)CC(NCc2ccc(Br)cc2)c2ccccc21. The number of halogens is 1. The lowest BCUT2D eigenvalue weighted by Crippen LogP contribution is -2.37. The van der Waals surface area contributed by atoms with Gasteiger partial charge < -0.3 is 10.2 Å². The van der Waals surface area contributed by atoms with Crippen molar-refractivity contribution in [3.63, 3.8) is 0 Å². The van der Waals surface area contributed by atoms with Crippen LogP contribution in [0.4, 0.5) is 5.69 Å². The van der Waals surface area contributed by atoms with Crippen LogP contribution in [-0.2, 0) is 11.3 Å². The molecule has 0 aromatic heterocycles. The highest BCUT2D eigenvalue weighted by Crippen LogP contribution is 2.33. The van der Waals surface area contributed by atoms with Crippen LogP contribution in [-0.4, -0.2) is 13.0 Å². The van der Waals surface area contributed by atoms with Gasteiger partial charge in [-0.25, -0.2) is 0 Å². The molecule has 3 nitrogen and oxygen atoms in total. The first-order valence-corrected chi connectivity index (χ1v) is 7.78. The summed E-state index contributed by atoms with van der Waals surface area (Å²) in [5.74, 6) is 0.155. The van der Waals surface area contributed by atoms with E-state index in [1.165, 1.54) is 11.1 Å². The second-order valence-corrected chi connectivity index (χ2v) is 6.19. The molecular weight excluding hydrogens is 328 g/mol. The lowest BCUT2D eigenvalue weighted by Gasteiger charge is -2.32. The molecule has 4 heteroatoms. The minimum Gasteiger partial charge on any atom is -0.315 e. The fourth-order valence-electron chi connectivity index (χ4n) is 2.67. The van der Waals surface area contributed by atoms with Gasteiger partial charge in [0.2, 0.25) is 5.91 Å². The third kappa shape index (κ3) is 3.01. The third-order valence-corrected chi connectivity index (χ3v) is 4.42. The summed E-state index contributed by atoms with van der Waals surface area (Å²) < 4.78 is 1.08. The van der Waals surface area contributed by atoms with Gasteiger partial charge >= 0.3 is 0 Å². The van der Waals surface area contributed by atoms with Crippen LogP contribution in [0.5, 0.6) is 0 Å². The molecule has 1 amide bonds. The number of fused-ring (bicyclic) bond motifs is 1. The van der Waals surface area contributed by atoms with Crippen LogP contribution in [0.1, 0.15) is 23.6 Å². The van der Waals surface area contributed by atoms with E-state index in [1.807, 2.05) is 37.4 Å². The predicted molar refractivity (Wildman–Crippen MR) is 88.2 cm³/mol. The molecule has 0 saturated carbocycles. The fourth-order valence-corrected chi connectivity index (χ4v) is 2.93. The number of rotatable bonds is 3. The molecule has 3 rings (SSSR count). The van der Waals surface area contributed by atoms with Crippen molar-refractivity contribution in [2.75, 3.05) is 11.9 Å². The Hall–Kier alpha value is -1.65. The van der Waals surface area contributed by atoms with E-state index in [0.29, 0.717) is 6.42 Å². The maximum absolute atomic E-state index is 12.1. The number of carbonyl (C=O) groups excluding carboxylic acids is 1. The number of nitrogens with zero attached hydrogens (tertiary/aromatic N) is 1. The second-order valence-electron chi connectivity index (χ2n) is 5.28. The molecule has 1 aliphatic rings. The Kier molecular flexibility index (Phi) is 4.08. The first kappa shape index (κ1) is 14.3. The van der Waals surface area contributed by atoms with Gasteiger partial charge in [-0.1, -0.05) is 46.3 Å². The molecule has 2 aromatic carbocycles. The average molecular weight is 345 g/mol. The summed E-state index contributed by atoms with van der Waals surface area (Å²) in [7, 11) is 1.84. The number of benzene rings is 2. The topological polar surface area (TPSA) is 32.3 Å². The maximum Gasteiger partial charge on any atom is 0.228 e. The molecule has 0 saturated heterocycles. The molecule has 1 aliphatic heterocycles. The Bertz CT molecular complexity index is 654. The number of nitrogens with one attached hydrogen (secondary N) is 1. The summed E-state index contributed by atoms with van der Waals surface area (Å²) in [6, 6.07) is 16.4. The fraction of sp³-hybridized carbons (Fsp3) is 0.235. The Morgan fingerprint density at radius 3 is 2.67 bits per heavy atom. The Balaban J connectivity index is 1.78. The predicted octanol–water partition coefficient (Wildman–Crippen LogP) is 3.65. The summed E-state index contributed by atoms with van der Waals surface area (Å²) >= 11 is 3.44. The zero-order valence-corrected chi connectivity index (χ0v) is 13.4. The molecule has 0 aliphatic carbocycles. The van der Waals surface area contributed by atoms with E-state index in [0.717, 1.165) is 16.7 Å². The minimum atomic E-state index is 0.0774. The van der Waals surface area contributed by atoms with Gasteiger partial charge in [-0.05, 0) is 29.3 Å². The van der Waals surface area contributed by atoms with Gasteiger partial charge in [0.05, 0.1) is 0 Å². The number of hydrogen-bond acceptors (Lipinski definition) is 2. The highest BCUT2D eigenvalue weighted by Gasteiger charge is 2.28. The van der Waals surface area contributed by atoms with Crippen LogP contribution >= 0.6 is 15.9 Å². The molecule has 1 heterocycles. The van der Waals surface area contributed by atoms with E-state index >= 15 is 0 Å². The number of carbonyl (C=O) groups is 1. The summed E-state index contributed by atoms with van der Waals surface area (Å²) in [6.45, 7) is 0.753. The van der Waals surface area contributed by atoms with Gasteiger partial charge in [0, 0.05) is 36.2 Å². The van der Waals surface area contributed by atoms with Gasteiger partial charge in [0.25, 0.3) is 0 Å². The van der Waals surface area contributed by atoms with Gasteiger partial charge in [0.1, 0.15) is 0 Å². The van der Waals surface area contributed by atoms with Crippen molar-refractivity contribution in [2.24, 2.45) is 0 Å². The van der Waals surface area contributed by atoms with Gasteiger partial charge in [0.15, 0.2) is 0 Å². The summed E-state index contributed by atoms with van der Waals surface area (Å²) in [6.07, 6.45) is 0.504. The number of para-hydroxylation sites is 1. The maximum atomic E-state index is 12.1. The van der Waals surface area contributed by atoms with Crippen molar-refractivity contribution in [2.45, 2.75) is 19.0 Å². The Labute approximate surface area is 133 Å². The standard InChI is InChI=1S/C17H17BrN2O/c1-20-16-5-3-2-4-14(16)15(10-17(20)21)19-11-12-6-8-13(18)9-7-12/h2-9,15,19H,10-11H2,1H3. The van der Waals surface area contributed by atoms with Crippen molar-refractivity contribution in [1.82, 2.24) is 5.32 Å². The summed E-state index contributed by atoms with van der Waals surface area (Å²) in [5, 5.41) is 3.50. The molecule has 21 heavy (non-hydrogen) atoms. The van der Waals surface area contributed by atoms with Gasteiger partial charge in [-0.15, -0.1) is 0 Å². The van der Waals surface area contributed by atoms with E-state index in [1.54, 1.807) is 4.90 Å². The van der Waals surface area contributed by atoms with Crippen LogP contribution in [0.3, 0.4) is 0 Å². The van der Waals surface area contributed by atoms with Crippen LogP contribution in [0, 0.1) is 0 Å². The van der Waals surface area contributed by atoms with Gasteiger partial charge in [-0.3, -0.25) is 4.79 Å². The van der Waals surface area contributed by atoms with Crippen LogP contribution < -0.4 is 10.2 Å². The number of amides is 1. The van der Waals surface area contributed by atoms with Crippen LogP contribution in [0.25, 0.3) is 0 Å². The molecule has 1 unspecified atom stereocenters. The smallest absolute Gasteiger partial charge is 0.228 e. The first-order chi connectivity index (χ1) is 10.1. The zero-order chi connectivity index (χ0) is 14.8. The van der Waals surface area contributed by atoms with Crippen molar-refractivity contribution < 1.29 is 4.79 Å². The van der Waals surface area contributed by atoms with E-state index in [-0.39, 0.29) is 11.9 Å². The highest BCUT2D eigenvalue weighted by atomic mass is 79.9. The Morgan fingerprint density at radius 1 is 1.19 bits per heavy atom. The zero-order valence-electron chi connectivity index (χ0n) is 11.8. The van der Waals surface area contributed by atoms with Crippen LogP contribution in [0.15, 0.2) is 53.0 Å². The lowest BCUT2D eigenvalue weighted by molar-refractivity contribution is -0.119. The number of anilines is 1. The molecule has 1 atom stereocenters. The van der Waals surface area contributed by atoms with E-state index in [4.69, 9.17) is 0 Å². The molecule has 1 N–H and O–H groups in total. The number of hydrogen-bond donors (Lipinski definition) is 1. The van der Waals surface area contributed by atoms with Crippen molar-refractivity contribution in [3.8, 4) is 0 Å². The molecule has 0 fully saturated rings. The van der Waals surface area contributed by atoms with E-state index < -0.39 is 0 Å². The summed E-state index contributed by atoms with van der Waals surface area (Å²) in [4.78, 5) is 13.8. The Morgan fingerprint density at radius 2 is 1.90 bits per heavy atom. The van der Waals surface area contributed by atoms with Crippen molar-refractivity contribution in [1.29, 1.82) is 0 Å². The van der Waals surface area contributed by atoms with Crippen molar-refractivity contribution in [3.05, 3.63) is 64.1 Å². The third-order valence-electron chi connectivity index (χ3n) is 3.89. The average Bonchev–Trinajstić information content (AvgIpc) is 2.51. The van der Waals surface area contributed by atoms with Crippen LogP contribution in [0.2, 0.25) is 0 Å². The quantitative estimate of drug-likeness (QED) is 0.921. The molecule has 2 aromatic rings. The first-order valence-electron chi connectivity index (χ1n) is 6.98. The second kappa shape index (κ2) is 6.00. The molecule has 108 valence electrons. The van der Waals surface area contributed by atoms with E-state index in [9.17, 15) is 4.79 Å². The largest absolute Gasteiger partial charge is 0.315 e. The van der Waals surface area contributed by atoms with Crippen molar-refractivity contribution >= 4 is 27.5 Å². The normalized spacial score (nSPS) is 17.7. The molecule has 0 spiro atoms. The minimum absolute atomic E-state index is 0.0774. The molecule has 0 radical (unpaired) electrons. The van der Waals surface area contributed by atoms with Gasteiger partial charge in [-0.2, -0.15) is 0 Å².